The minimum absolute atomic E-state index is 1.05. The van der Waals surface area contributed by atoms with E-state index in [0.717, 1.165) is 25.7 Å². The second kappa shape index (κ2) is 5.81. The summed E-state index contributed by atoms with van der Waals surface area (Å²) in [5, 5.41) is 0. The lowest BCUT2D eigenvalue weighted by Gasteiger charge is -2.04. The van der Waals surface area contributed by atoms with Gasteiger partial charge in [-0.3, -0.25) is 0 Å². The molecule has 0 heteroatoms. The lowest BCUT2D eigenvalue weighted by atomic mass is 10.0. The number of allylic oxidation sites excluding steroid dienone is 6. The van der Waals surface area contributed by atoms with Gasteiger partial charge in [-0.15, -0.1) is 0 Å². The molecular formula is C22H20. The second-order valence-corrected chi connectivity index (χ2v) is 6.06. The van der Waals surface area contributed by atoms with Crippen molar-refractivity contribution in [3.05, 3.63) is 95.1 Å². The summed E-state index contributed by atoms with van der Waals surface area (Å²) in [4.78, 5) is 0. The molecule has 0 aliphatic heterocycles. The van der Waals surface area contributed by atoms with Crippen LogP contribution in [0.3, 0.4) is 0 Å². The fourth-order valence-electron chi connectivity index (χ4n) is 3.52. The zero-order chi connectivity index (χ0) is 14.8. The average Bonchev–Trinajstić information content (AvgIpc) is 3.16. The SMILES string of the molecule is C1=C(C/C=C/CC2=CCc3ccccc32)c2ccccc2C1. The standard InChI is InChI=1S/C22H20/c1(7-17-13-15-19-9-3-5-11-21(17)19)2-8-18-14-16-20-10-4-6-12-22(18)20/h1-6,9-14H,7-8,15-16H2/b2-1+. The van der Waals surface area contributed by atoms with Crippen LogP contribution in [0, 0.1) is 0 Å². The van der Waals surface area contributed by atoms with Gasteiger partial charge < -0.3 is 0 Å². The van der Waals surface area contributed by atoms with Gasteiger partial charge in [-0.2, -0.15) is 0 Å². The monoisotopic (exact) mass is 284 g/mol. The molecule has 0 amide bonds. The summed E-state index contributed by atoms with van der Waals surface area (Å²) in [6.07, 6.45) is 13.7. The zero-order valence-electron chi connectivity index (χ0n) is 12.8. The van der Waals surface area contributed by atoms with Gasteiger partial charge in [0.1, 0.15) is 0 Å². The summed E-state index contributed by atoms with van der Waals surface area (Å²) in [7, 11) is 0. The number of hydrogen-bond acceptors (Lipinski definition) is 0. The van der Waals surface area contributed by atoms with Crippen LogP contribution < -0.4 is 0 Å². The van der Waals surface area contributed by atoms with E-state index in [1.807, 2.05) is 0 Å². The zero-order valence-corrected chi connectivity index (χ0v) is 12.8. The van der Waals surface area contributed by atoms with Crippen molar-refractivity contribution in [2.24, 2.45) is 0 Å². The molecule has 0 bridgehead atoms. The van der Waals surface area contributed by atoms with Gasteiger partial charge in [-0.1, -0.05) is 72.8 Å². The predicted octanol–water partition coefficient (Wildman–Crippen LogP) is 5.60. The molecule has 22 heavy (non-hydrogen) atoms. The third kappa shape index (κ3) is 2.46. The van der Waals surface area contributed by atoms with Crippen molar-refractivity contribution in [2.45, 2.75) is 25.7 Å². The van der Waals surface area contributed by atoms with Crippen molar-refractivity contribution < 1.29 is 0 Å². The molecule has 0 nitrogen and oxygen atoms in total. The molecule has 0 N–H and O–H groups in total. The highest BCUT2D eigenvalue weighted by Gasteiger charge is 2.12. The molecule has 2 aliphatic carbocycles. The van der Waals surface area contributed by atoms with E-state index < -0.39 is 0 Å². The van der Waals surface area contributed by atoms with Crippen LogP contribution in [0.1, 0.15) is 35.1 Å². The molecule has 0 radical (unpaired) electrons. The molecule has 0 heterocycles. The van der Waals surface area contributed by atoms with E-state index >= 15 is 0 Å². The average molecular weight is 284 g/mol. The Morgan fingerprint density at radius 2 is 1.09 bits per heavy atom. The van der Waals surface area contributed by atoms with Crippen molar-refractivity contribution in [1.82, 2.24) is 0 Å². The second-order valence-electron chi connectivity index (χ2n) is 6.06. The molecule has 0 atom stereocenters. The molecule has 0 unspecified atom stereocenters. The number of hydrogen-bond donors (Lipinski definition) is 0. The lowest BCUT2D eigenvalue weighted by molar-refractivity contribution is 1.31. The van der Waals surface area contributed by atoms with Gasteiger partial charge in [0.2, 0.25) is 0 Å². The first-order valence-electron chi connectivity index (χ1n) is 8.11. The van der Waals surface area contributed by atoms with Crippen molar-refractivity contribution >= 4 is 11.1 Å². The number of fused-ring (bicyclic) bond motifs is 2. The summed E-state index contributed by atoms with van der Waals surface area (Å²) in [6, 6.07) is 17.5. The van der Waals surface area contributed by atoms with E-state index in [1.54, 1.807) is 0 Å². The first-order chi connectivity index (χ1) is 10.9. The lowest BCUT2D eigenvalue weighted by Crippen LogP contribution is -1.83. The normalized spacial score (nSPS) is 15.6. The molecule has 108 valence electrons. The van der Waals surface area contributed by atoms with Gasteiger partial charge in [0, 0.05) is 0 Å². The minimum Gasteiger partial charge on any atom is -0.0838 e. The van der Waals surface area contributed by atoms with Crippen LogP contribution >= 0.6 is 0 Å². The quantitative estimate of drug-likeness (QED) is 0.641. The fourth-order valence-corrected chi connectivity index (χ4v) is 3.52. The third-order valence-electron chi connectivity index (χ3n) is 4.71. The van der Waals surface area contributed by atoms with Crippen LogP contribution in [0.5, 0.6) is 0 Å². The molecule has 0 spiro atoms. The maximum absolute atomic E-state index is 2.37. The minimum atomic E-state index is 1.05. The van der Waals surface area contributed by atoms with Gasteiger partial charge >= 0.3 is 0 Å². The largest absolute Gasteiger partial charge is 0.0838 e. The Bertz CT molecular complexity index is 720. The molecule has 0 aromatic heterocycles. The van der Waals surface area contributed by atoms with E-state index in [4.69, 9.17) is 0 Å². The van der Waals surface area contributed by atoms with Crippen LogP contribution in [-0.2, 0) is 12.8 Å². The Hall–Kier alpha value is -2.34. The van der Waals surface area contributed by atoms with Crippen LogP contribution in [0.4, 0.5) is 0 Å². The van der Waals surface area contributed by atoms with Crippen LogP contribution in [-0.4, -0.2) is 0 Å². The van der Waals surface area contributed by atoms with Gasteiger partial charge in [0.15, 0.2) is 0 Å². The van der Waals surface area contributed by atoms with E-state index in [1.165, 1.54) is 33.4 Å². The first-order valence-corrected chi connectivity index (χ1v) is 8.11. The van der Waals surface area contributed by atoms with E-state index in [0.29, 0.717) is 0 Å². The van der Waals surface area contributed by atoms with Crippen molar-refractivity contribution in [1.29, 1.82) is 0 Å². The third-order valence-corrected chi connectivity index (χ3v) is 4.71. The van der Waals surface area contributed by atoms with Crippen LogP contribution in [0.25, 0.3) is 11.1 Å². The van der Waals surface area contributed by atoms with Crippen molar-refractivity contribution in [3.8, 4) is 0 Å². The van der Waals surface area contributed by atoms with Crippen molar-refractivity contribution in [3.63, 3.8) is 0 Å². The fraction of sp³-hybridized carbons (Fsp3) is 0.182. The Morgan fingerprint density at radius 3 is 1.59 bits per heavy atom. The smallest absolute Gasteiger partial charge is 0.00853 e. The van der Waals surface area contributed by atoms with Crippen LogP contribution in [0.2, 0.25) is 0 Å². The van der Waals surface area contributed by atoms with E-state index in [9.17, 15) is 0 Å². The summed E-state index contributed by atoms with van der Waals surface area (Å²) >= 11 is 0. The van der Waals surface area contributed by atoms with Gasteiger partial charge in [0.25, 0.3) is 0 Å². The molecule has 2 aromatic carbocycles. The Labute approximate surface area is 132 Å². The Kier molecular flexibility index (Phi) is 3.52. The number of benzene rings is 2. The van der Waals surface area contributed by atoms with Crippen LogP contribution in [0.15, 0.2) is 72.8 Å². The molecule has 0 saturated carbocycles. The molecule has 0 fully saturated rings. The first kappa shape index (κ1) is 13.3. The van der Waals surface area contributed by atoms with Gasteiger partial charge in [-0.05, 0) is 59.1 Å². The summed E-state index contributed by atoms with van der Waals surface area (Å²) in [5.74, 6) is 0. The van der Waals surface area contributed by atoms with Crippen molar-refractivity contribution in [2.75, 3.05) is 0 Å². The topological polar surface area (TPSA) is 0 Å². The maximum Gasteiger partial charge on any atom is -0.00853 e. The van der Waals surface area contributed by atoms with Gasteiger partial charge in [0.05, 0.1) is 0 Å². The predicted molar refractivity (Wildman–Crippen MR) is 94.6 cm³/mol. The molecule has 0 saturated heterocycles. The number of rotatable bonds is 4. The Balaban J connectivity index is 1.39. The highest BCUT2D eigenvalue weighted by Crippen LogP contribution is 2.31. The van der Waals surface area contributed by atoms with Gasteiger partial charge in [-0.25, -0.2) is 0 Å². The molecule has 2 aromatic rings. The maximum atomic E-state index is 2.37. The molecule has 2 aliphatic rings. The van der Waals surface area contributed by atoms with E-state index in [-0.39, 0.29) is 0 Å². The summed E-state index contributed by atoms with van der Waals surface area (Å²) in [6.45, 7) is 0. The summed E-state index contributed by atoms with van der Waals surface area (Å²) < 4.78 is 0. The molecular weight excluding hydrogens is 264 g/mol. The Morgan fingerprint density at radius 1 is 0.636 bits per heavy atom. The highest BCUT2D eigenvalue weighted by atomic mass is 14.2. The summed E-state index contributed by atoms with van der Waals surface area (Å²) in [5.41, 5.74) is 8.78. The van der Waals surface area contributed by atoms with E-state index in [2.05, 4.69) is 72.8 Å². The molecule has 4 rings (SSSR count). The highest BCUT2D eigenvalue weighted by molar-refractivity contribution is 5.75.